The molecule has 1 atom stereocenters. The topological polar surface area (TPSA) is 68.2 Å². The number of hydrogen-bond acceptors (Lipinski definition) is 5. The SMILES string of the molecule is COc1ccc(C(C/C=C\CN2CCCC(C(=O)O)C2)(c2ccc(OC)cc2)c2ccc(OC)cc2)cc1. The van der Waals surface area contributed by atoms with Crippen LogP contribution in [-0.4, -0.2) is 56.9 Å². The molecule has 1 aliphatic rings. The Labute approximate surface area is 225 Å². The van der Waals surface area contributed by atoms with E-state index in [1.165, 1.54) is 0 Å². The lowest BCUT2D eigenvalue weighted by molar-refractivity contribution is -0.143. The van der Waals surface area contributed by atoms with E-state index in [4.69, 9.17) is 14.2 Å². The number of piperidine rings is 1. The average molecular weight is 516 g/mol. The molecule has 0 saturated carbocycles. The van der Waals surface area contributed by atoms with Gasteiger partial charge < -0.3 is 19.3 Å². The van der Waals surface area contributed by atoms with E-state index in [0.717, 1.165) is 59.9 Å². The summed E-state index contributed by atoms with van der Waals surface area (Å²) in [7, 11) is 5.02. The first-order valence-electron chi connectivity index (χ1n) is 13.0. The van der Waals surface area contributed by atoms with Crippen molar-refractivity contribution in [3.05, 3.63) is 102 Å². The Morgan fingerprint density at radius 2 is 1.26 bits per heavy atom. The van der Waals surface area contributed by atoms with E-state index in [-0.39, 0.29) is 5.92 Å². The first kappa shape index (κ1) is 27.3. The molecule has 0 aliphatic carbocycles. The normalized spacial score (nSPS) is 16.3. The van der Waals surface area contributed by atoms with E-state index < -0.39 is 11.4 Å². The first-order valence-corrected chi connectivity index (χ1v) is 13.0. The van der Waals surface area contributed by atoms with Gasteiger partial charge in [0.25, 0.3) is 0 Å². The summed E-state index contributed by atoms with van der Waals surface area (Å²) in [5.41, 5.74) is 2.94. The van der Waals surface area contributed by atoms with Gasteiger partial charge >= 0.3 is 5.97 Å². The van der Waals surface area contributed by atoms with Gasteiger partial charge in [-0.3, -0.25) is 9.69 Å². The highest BCUT2D eigenvalue weighted by Crippen LogP contribution is 2.44. The molecule has 6 heteroatoms. The second kappa shape index (κ2) is 12.7. The molecular formula is C32H37NO5. The number of ether oxygens (including phenoxy) is 3. The largest absolute Gasteiger partial charge is 0.497 e. The molecular weight excluding hydrogens is 478 g/mol. The molecule has 0 bridgehead atoms. The van der Waals surface area contributed by atoms with Crippen molar-refractivity contribution >= 4 is 5.97 Å². The third-order valence-corrected chi connectivity index (χ3v) is 7.56. The molecule has 0 aromatic heterocycles. The standard InChI is InChI=1S/C32H37NO5/c1-36-28-14-8-25(9-15-28)32(26-10-16-29(37-2)17-11-26,27-12-18-30(38-3)19-13-27)20-4-5-21-33-22-6-7-24(23-33)31(34)35/h4-5,8-19,24H,6-7,20-23H2,1-3H3,(H,34,35)/b5-4-. The van der Waals surface area contributed by atoms with E-state index in [2.05, 4.69) is 53.5 Å². The van der Waals surface area contributed by atoms with Gasteiger partial charge in [0.05, 0.1) is 27.2 Å². The molecule has 6 nitrogen and oxygen atoms in total. The van der Waals surface area contributed by atoms with E-state index in [1.54, 1.807) is 21.3 Å². The first-order chi connectivity index (χ1) is 18.5. The summed E-state index contributed by atoms with van der Waals surface area (Å²) in [4.78, 5) is 13.7. The van der Waals surface area contributed by atoms with E-state index >= 15 is 0 Å². The molecule has 1 saturated heterocycles. The fourth-order valence-corrected chi connectivity index (χ4v) is 5.39. The number of benzene rings is 3. The molecule has 1 fully saturated rings. The van der Waals surface area contributed by atoms with Crippen LogP contribution in [0.25, 0.3) is 0 Å². The molecule has 1 aliphatic heterocycles. The highest BCUT2D eigenvalue weighted by molar-refractivity contribution is 5.70. The summed E-state index contributed by atoms with van der Waals surface area (Å²) < 4.78 is 16.4. The minimum atomic E-state index is -0.698. The molecule has 1 N–H and O–H groups in total. The second-order valence-corrected chi connectivity index (χ2v) is 9.70. The summed E-state index contributed by atoms with van der Waals surface area (Å²) in [6, 6.07) is 24.8. The van der Waals surface area contributed by atoms with Crippen molar-refractivity contribution in [3.8, 4) is 17.2 Å². The smallest absolute Gasteiger partial charge is 0.307 e. The van der Waals surface area contributed by atoms with Crippen LogP contribution in [0.4, 0.5) is 0 Å². The molecule has 1 unspecified atom stereocenters. The average Bonchev–Trinajstić information content (AvgIpc) is 2.98. The zero-order chi connectivity index (χ0) is 27.0. The third kappa shape index (κ3) is 6.03. The Kier molecular flexibility index (Phi) is 9.08. The lowest BCUT2D eigenvalue weighted by Gasteiger charge is -2.36. The van der Waals surface area contributed by atoms with E-state index in [0.29, 0.717) is 13.0 Å². The Bertz CT molecular complexity index is 1090. The van der Waals surface area contributed by atoms with Crippen molar-refractivity contribution in [2.24, 2.45) is 5.92 Å². The van der Waals surface area contributed by atoms with Crippen LogP contribution in [0.15, 0.2) is 84.9 Å². The summed E-state index contributed by atoms with van der Waals surface area (Å²) in [6.07, 6.45) is 6.79. The molecule has 200 valence electrons. The van der Waals surface area contributed by atoms with Crippen LogP contribution in [0.3, 0.4) is 0 Å². The van der Waals surface area contributed by atoms with Crippen LogP contribution in [0, 0.1) is 5.92 Å². The molecule has 3 aromatic carbocycles. The van der Waals surface area contributed by atoms with Gasteiger partial charge in [-0.15, -0.1) is 0 Å². The van der Waals surface area contributed by atoms with Crippen LogP contribution >= 0.6 is 0 Å². The highest BCUT2D eigenvalue weighted by atomic mass is 16.5. The maximum Gasteiger partial charge on any atom is 0.307 e. The quantitative estimate of drug-likeness (QED) is 0.258. The number of allylic oxidation sites excluding steroid dienone is 1. The molecule has 1 heterocycles. The third-order valence-electron chi connectivity index (χ3n) is 7.56. The maximum atomic E-state index is 11.5. The predicted molar refractivity (Wildman–Crippen MR) is 149 cm³/mol. The predicted octanol–water partition coefficient (Wildman–Crippen LogP) is 5.79. The Morgan fingerprint density at radius 1 is 0.816 bits per heavy atom. The molecule has 4 rings (SSSR count). The van der Waals surface area contributed by atoms with Crippen LogP contribution in [-0.2, 0) is 10.2 Å². The second-order valence-electron chi connectivity index (χ2n) is 9.70. The number of carbonyl (C=O) groups is 1. The summed E-state index contributed by atoms with van der Waals surface area (Å²) >= 11 is 0. The van der Waals surface area contributed by atoms with Gasteiger partial charge in [-0.05, 0) is 78.9 Å². The molecule has 38 heavy (non-hydrogen) atoms. The molecule has 0 amide bonds. The minimum Gasteiger partial charge on any atom is -0.497 e. The number of methoxy groups -OCH3 is 3. The van der Waals surface area contributed by atoms with Crippen LogP contribution in [0.1, 0.15) is 36.0 Å². The Morgan fingerprint density at radius 3 is 1.66 bits per heavy atom. The number of nitrogens with zero attached hydrogens (tertiary/aromatic N) is 1. The monoisotopic (exact) mass is 515 g/mol. The highest BCUT2D eigenvalue weighted by Gasteiger charge is 2.35. The summed E-state index contributed by atoms with van der Waals surface area (Å²) in [5, 5.41) is 9.45. The van der Waals surface area contributed by atoms with Crippen molar-refractivity contribution in [3.63, 3.8) is 0 Å². The number of aliphatic carboxylic acids is 1. The van der Waals surface area contributed by atoms with Gasteiger partial charge in [0.15, 0.2) is 0 Å². The minimum absolute atomic E-state index is 0.283. The molecule has 0 radical (unpaired) electrons. The Balaban J connectivity index is 1.73. The van der Waals surface area contributed by atoms with E-state index in [1.807, 2.05) is 36.4 Å². The fraction of sp³-hybridized carbons (Fsp3) is 0.344. The van der Waals surface area contributed by atoms with Crippen LogP contribution < -0.4 is 14.2 Å². The van der Waals surface area contributed by atoms with Gasteiger partial charge in [-0.25, -0.2) is 0 Å². The number of hydrogen-bond donors (Lipinski definition) is 1. The number of likely N-dealkylation sites (tertiary alicyclic amines) is 1. The Hall–Kier alpha value is -3.77. The van der Waals surface area contributed by atoms with Gasteiger partial charge in [-0.2, -0.15) is 0 Å². The van der Waals surface area contributed by atoms with Crippen LogP contribution in [0.2, 0.25) is 0 Å². The van der Waals surface area contributed by atoms with Gasteiger partial charge in [0.2, 0.25) is 0 Å². The number of carboxylic acid groups (broad SMARTS) is 1. The summed E-state index contributed by atoms with van der Waals surface area (Å²) in [5.74, 6) is 1.44. The number of carboxylic acids is 1. The lowest BCUT2D eigenvalue weighted by atomic mass is 9.67. The van der Waals surface area contributed by atoms with Gasteiger partial charge in [0, 0.05) is 18.5 Å². The number of rotatable bonds is 11. The van der Waals surface area contributed by atoms with Crippen molar-refractivity contribution < 1.29 is 24.1 Å². The summed E-state index contributed by atoms with van der Waals surface area (Å²) in [6.45, 7) is 2.25. The van der Waals surface area contributed by atoms with Gasteiger partial charge in [-0.1, -0.05) is 48.6 Å². The molecule has 3 aromatic rings. The van der Waals surface area contributed by atoms with Crippen LogP contribution in [0.5, 0.6) is 17.2 Å². The van der Waals surface area contributed by atoms with E-state index in [9.17, 15) is 9.90 Å². The van der Waals surface area contributed by atoms with Gasteiger partial charge in [0.1, 0.15) is 17.2 Å². The molecule has 0 spiro atoms. The zero-order valence-electron chi connectivity index (χ0n) is 22.4. The van der Waals surface area contributed by atoms with Crippen molar-refractivity contribution in [1.29, 1.82) is 0 Å². The van der Waals surface area contributed by atoms with Crippen molar-refractivity contribution in [1.82, 2.24) is 4.90 Å². The lowest BCUT2D eigenvalue weighted by Crippen LogP contribution is -2.38. The fourth-order valence-electron chi connectivity index (χ4n) is 5.39. The zero-order valence-corrected chi connectivity index (χ0v) is 22.4. The van der Waals surface area contributed by atoms with Crippen molar-refractivity contribution in [2.75, 3.05) is 41.0 Å². The van der Waals surface area contributed by atoms with Crippen molar-refractivity contribution in [2.45, 2.75) is 24.7 Å². The maximum absolute atomic E-state index is 11.5.